The SMILES string of the molecule is O=CC(=O)OF. The molecule has 0 unspecified atom stereocenters. The van der Waals surface area contributed by atoms with Crippen LogP contribution in [0.2, 0.25) is 0 Å². The highest BCUT2D eigenvalue weighted by atomic mass is 19.3. The van der Waals surface area contributed by atoms with Crippen LogP contribution in [-0.2, 0) is 14.5 Å². The Kier molecular flexibility index (Phi) is 1.96. The molecule has 0 aliphatic carbocycles. The van der Waals surface area contributed by atoms with Crippen LogP contribution in [0.15, 0.2) is 0 Å². The van der Waals surface area contributed by atoms with E-state index in [0.717, 1.165) is 0 Å². The van der Waals surface area contributed by atoms with Gasteiger partial charge in [0.15, 0.2) is 0 Å². The molecule has 0 spiro atoms. The van der Waals surface area contributed by atoms with E-state index in [1.807, 2.05) is 0 Å². The molecule has 0 aromatic rings. The Labute approximate surface area is 32.6 Å². The third kappa shape index (κ3) is 1.40. The maximum Gasteiger partial charge on any atom is 0.411 e. The van der Waals surface area contributed by atoms with Crippen molar-refractivity contribution in [2.24, 2.45) is 0 Å². The van der Waals surface area contributed by atoms with Crippen molar-refractivity contribution < 1.29 is 19.1 Å². The number of carbonyl (C=O) groups is 2. The molecular weight excluding hydrogens is 91.0 g/mol. The van der Waals surface area contributed by atoms with E-state index in [1.165, 1.54) is 0 Å². The van der Waals surface area contributed by atoms with Gasteiger partial charge in [-0.3, -0.25) is 4.79 Å². The first-order valence-corrected chi connectivity index (χ1v) is 1.09. The number of halogens is 1. The third-order valence-electron chi connectivity index (χ3n) is 0.172. The van der Waals surface area contributed by atoms with Gasteiger partial charge in [-0.15, -0.1) is 0 Å². The fourth-order valence-electron chi connectivity index (χ4n) is 0.0182. The van der Waals surface area contributed by atoms with Gasteiger partial charge >= 0.3 is 5.97 Å². The predicted octanol–water partition coefficient (Wildman–Crippen LogP) is -0.387. The van der Waals surface area contributed by atoms with Crippen molar-refractivity contribution in [3.8, 4) is 0 Å². The average molecular weight is 92.0 g/mol. The summed E-state index contributed by atoms with van der Waals surface area (Å²) in [6.07, 6.45) is -0.264. The Balaban J connectivity index is 3.23. The van der Waals surface area contributed by atoms with Crippen LogP contribution in [-0.4, -0.2) is 12.3 Å². The lowest BCUT2D eigenvalue weighted by Gasteiger charge is -1.70. The molecule has 0 aromatic heterocycles. The molecule has 0 aliphatic heterocycles. The predicted molar refractivity (Wildman–Crippen MR) is 13.3 cm³/mol. The largest absolute Gasteiger partial charge is 0.411 e. The van der Waals surface area contributed by atoms with Gasteiger partial charge in [-0.1, -0.05) is 0 Å². The lowest BCUT2D eigenvalue weighted by atomic mass is 10.8. The molecule has 0 bridgehead atoms. The molecule has 0 rings (SSSR count). The topological polar surface area (TPSA) is 43.4 Å². The zero-order valence-electron chi connectivity index (χ0n) is 2.68. The molecule has 0 heterocycles. The molecule has 34 valence electrons. The molecule has 0 radical (unpaired) electrons. The van der Waals surface area contributed by atoms with Gasteiger partial charge in [0.05, 0.1) is 0 Å². The lowest BCUT2D eigenvalue weighted by molar-refractivity contribution is -0.182. The van der Waals surface area contributed by atoms with Crippen molar-refractivity contribution >= 4 is 12.3 Å². The smallest absolute Gasteiger partial charge is 0.290 e. The van der Waals surface area contributed by atoms with Gasteiger partial charge in [0.2, 0.25) is 6.29 Å². The molecule has 0 saturated heterocycles. The highest BCUT2D eigenvalue weighted by Gasteiger charge is 1.93. The summed E-state index contributed by atoms with van der Waals surface area (Å²) in [4.78, 5) is 20.6. The number of rotatable bonds is 1. The molecule has 0 atom stereocenters. The first-order chi connectivity index (χ1) is 2.81. The normalized spacial score (nSPS) is 6.83. The Hall–Kier alpha value is -0.930. The number of hydrogen-bond donors (Lipinski definition) is 0. The van der Waals surface area contributed by atoms with E-state index in [4.69, 9.17) is 4.79 Å². The van der Waals surface area contributed by atoms with Gasteiger partial charge in [0, 0.05) is 4.53 Å². The van der Waals surface area contributed by atoms with E-state index >= 15 is 0 Å². The van der Waals surface area contributed by atoms with Gasteiger partial charge < -0.3 is 0 Å². The molecule has 6 heavy (non-hydrogen) atoms. The van der Waals surface area contributed by atoms with Crippen LogP contribution in [0.25, 0.3) is 0 Å². The fourth-order valence-corrected chi connectivity index (χ4v) is 0.0182. The molecule has 0 N–H and O–H groups in total. The maximum atomic E-state index is 10.3. The van der Waals surface area contributed by atoms with Crippen LogP contribution in [0.3, 0.4) is 0 Å². The van der Waals surface area contributed by atoms with Crippen molar-refractivity contribution in [3.63, 3.8) is 0 Å². The number of aldehydes is 1. The summed E-state index contributed by atoms with van der Waals surface area (Å²) < 4.78 is 10.3. The van der Waals surface area contributed by atoms with Crippen LogP contribution >= 0.6 is 0 Å². The van der Waals surface area contributed by atoms with E-state index in [-0.39, 0.29) is 6.29 Å². The first kappa shape index (κ1) is 5.07. The van der Waals surface area contributed by atoms with Gasteiger partial charge in [0.25, 0.3) is 0 Å². The van der Waals surface area contributed by atoms with E-state index in [1.54, 1.807) is 0 Å². The van der Waals surface area contributed by atoms with Gasteiger partial charge in [-0.2, -0.15) is 0 Å². The summed E-state index contributed by atoms with van der Waals surface area (Å²) in [5, 5.41) is 0. The van der Waals surface area contributed by atoms with Gasteiger partial charge in [0.1, 0.15) is 0 Å². The Morgan fingerprint density at radius 2 is 2.33 bits per heavy atom. The molecule has 0 amide bonds. The van der Waals surface area contributed by atoms with Crippen molar-refractivity contribution in [3.05, 3.63) is 0 Å². The third-order valence-corrected chi connectivity index (χ3v) is 0.172. The Bertz CT molecular complexity index is 69.2. The molecule has 0 fully saturated rings. The van der Waals surface area contributed by atoms with Crippen LogP contribution in [0, 0.1) is 0 Å². The van der Waals surface area contributed by atoms with E-state index in [0.29, 0.717) is 0 Å². The molecule has 0 aliphatic rings. The second-order valence-corrected chi connectivity index (χ2v) is 0.514. The van der Waals surface area contributed by atoms with Crippen molar-refractivity contribution in [2.75, 3.05) is 0 Å². The minimum absolute atomic E-state index is 0.264. The van der Waals surface area contributed by atoms with E-state index in [2.05, 4.69) is 4.94 Å². The van der Waals surface area contributed by atoms with Crippen molar-refractivity contribution in [2.45, 2.75) is 0 Å². The second kappa shape index (κ2) is 2.32. The zero-order valence-corrected chi connectivity index (χ0v) is 2.68. The summed E-state index contributed by atoms with van der Waals surface area (Å²) in [6, 6.07) is 0. The summed E-state index contributed by atoms with van der Waals surface area (Å²) in [7, 11) is 0. The second-order valence-electron chi connectivity index (χ2n) is 0.514. The minimum atomic E-state index is -1.50. The Morgan fingerprint density at radius 1 is 1.83 bits per heavy atom. The molecule has 4 heteroatoms. The summed E-state index contributed by atoms with van der Waals surface area (Å²) in [5.74, 6) is -1.50. The first-order valence-electron chi connectivity index (χ1n) is 1.09. The van der Waals surface area contributed by atoms with Crippen molar-refractivity contribution in [1.29, 1.82) is 0 Å². The summed E-state index contributed by atoms with van der Waals surface area (Å²) >= 11 is 0. The fraction of sp³-hybridized carbons (Fsp3) is 0. The molecule has 0 saturated carbocycles. The highest BCUT2D eigenvalue weighted by molar-refractivity contribution is 6.20. The standard InChI is InChI=1S/C2HFO3/c3-6-2(5)1-4/h1H. The molecule has 3 nitrogen and oxygen atoms in total. The van der Waals surface area contributed by atoms with Crippen LogP contribution in [0.4, 0.5) is 4.53 Å². The average Bonchev–Trinajstić information content (AvgIpc) is 1.65. The van der Waals surface area contributed by atoms with Crippen LogP contribution in [0.1, 0.15) is 0 Å². The highest BCUT2D eigenvalue weighted by Crippen LogP contribution is 1.67. The zero-order chi connectivity index (χ0) is 4.99. The Morgan fingerprint density at radius 3 is 2.33 bits per heavy atom. The number of carbonyl (C=O) groups excluding carboxylic acids is 2. The molecule has 0 aromatic carbocycles. The van der Waals surface area contributed by atoms with Crippen LogP contribution < -0.4 is 0 Å². The molecular formula is C2HFO3. The summed E-state index contributed by atoms with van der Waals surface area (Å²) in [5.41, 5.74) is 0. The van der Waals surface area contributed by atoms with Gasteiger partial charge in [-0.25, -0.2) is 9.74 Å². The van der Waals surface area contributed by atoms with Crippen LogP contribution in [0.5, 0.6) is 0 Å². The maximum absolute atomic E-state index is 10.3. The van der Waals surface area contributed by atoms with E-state index in [9.17, 15) is 9.32 Å². The summed E-state index contributed by atoms with van der Waals surface area (Å²) in [6.45, 7) is 0. The lowest BCUT2D eigenvalue weighted by Crippen LogP contribution is -1.95. The van der Waals surface area contributed by atoms with Crippen molar-refractivity contribution in [1.82, 2.24) is 0 Å². The minimum Gasteiger partial charge on any atom is -0.290 e. The van der Waals surface area contributed by atoms with E-state index < -0.39 is 5.97 Å². The monoisotopic (exact) mass is 92.0 g/mol. The van der Waals surface area contributed by atoms with Gasteiger partial charge in [-0.05, 0) is 0 Å². The number of hydrogen-bond acceptors (Lipinski definition) is 3. The quantitative estimate of drug-likeness (QED) is 0.327.